The van der Waals surface area contributed by atoms with Crippen molar-refractivity contribution < 1.29 is 19.0 Å². The molecule has 0 aromatic heterocycles. The first-order chi connectivity index (χ1) is 15.1. The third kappa shape index (κ3) is 5.69. The number of ether oxygens (including phenoxy) is 3. The van der Waals surface area contributed by atoms with Crippen molar-refractivity contribution in [3.05, 3.63) is 87.4 Å². The van der Waals surface area contributed by atoms with Crippen LogP contribution in [-0.4, -0.2) is 18.9 Å². The van der Waals surface area contributed by atoms with Gasteiger partial charge in [0, 0.05) is 15.6 Å². The third-order valence-corrected chi connectivity index (χ3v) is 4.92. The monoisotopic (exact) mass is 456 g/mol. The maximum Gasteiger partial charge on any atom is 0.244 e. The largest absolute Gasteiger partial charge is 0.488 e. The van der Waals surface area contributed by atoms with Gasteiger partial charge >= 0.3 is 0 Å². The van der Waals surface area contributed by atoms with Gasteiger partial charge in [0.25, 0.3) is 0 Å². The van der Waals surface area contributed by atoms with E-state index in [0.717, 1.165) is 11.1 Å². The fourth-order valence-corrected chi connectivity index (χ4v) is 3.38. The SMILES string of the molecule is O=C(Cc1ccc2c(c1)OCO2)NN=Cc1cc(Cl)ccc1OCc1cccc(Cl)c1. The number of rotatable bonds is 7. The van der Waals surface area contributed by atoms with E-state index in [1.807, 2.05) is 24.3 Å². The first-order valence-electron chi connectivity index (χ1n) is 9.44. The van der Waals surface area contributed by atoms with Gasteiger partial charge in [0.15, 0.2) is 11.5 Å². The molecule has 4 rings (SSSR count). The number of benzene rings is 3. The van der Waals surface area contributed by atoms with E-state index in [-0.39, 0.29) is 19.1 Å². The van der Waals surface area contributed by atoms with Crippen LogP contribution < -0.4 is 19.6 Å². The zero-order valence-corrected chi connectivity index (χ0v) is 17.8. The van der Waals surface area contributed by atoms with Crippen LogP contribution in [0.25, 0.3) is 0 Å². The third-order valence-electron chi connectivity index (χ3n) is 4.45. The first-order valence-corrected chi connectivity index (χ1v) is 10.2. The Labute approximate surface area is 189 Å². The highest BCUT2D eigenvalue weighted by molar-refractivity contribution is 6.31. The predicted octanol–water partition coefficient (Wildman–Crippen LogP) is 4.99. The molecule has 3 aromatic rings. The van der Waals surface area contributed by atoms with Crippen LogP contribution in [-0.2, 0) is 17.8 Å². The molecule has 1 amide bonds. The maximum absolute atomic E-state index is 12.2. The second-order valence-corrected chi connectivity index (χ2v) is 7.63. The molecule has 0 saturated carbocycles. The van der Waals surface area contributed by atoms with Crippen LogP contribution in [0.15, 0.2) is 65.8 Å². The molecule has 0 fully saturated rings. The first kappa shape index (κ1) is 21.0. The minimum Gasteiger partial charge on any atom is -0.488 e. The number of nitrogens with zero attached hydrogens (tertiary/aromatic N) is 1. The highest BCUT2D eigenvalue weighted by Crippen LogP contribution is 2.32. The molecule has 1 N–H and O–H groups in total. The van der Waals surface area contributed by atoms with Crippen LogP contribution in [0.2, 0.25) is 10.0 Å². The lowest BCUT2D eigenvalue weighted by Crippen LogP contribution is -2.19. The number of nitrogens with one attached hydrogen (secondary N) is 1. The van der Waals surface area contributed by atoms with Crippen molar-refractivity contribution in [2.45, 2.75) is 13.0 Å². The van der Waals surface area contributed by atoms with Crippen LogP contribution >= 0.6 is 23.2 Å². The van der Waals surface area contributed by atoms with Gasteiger partial charge in [0.1, 0.15) is 12.4 Å². The normalized spacial score (nSPS) is 12.2. The van der Waals surface area contributed by atoms with Gasteiger partial charge in [0.05, 0.1) is 12.6 Å². The molecule has 0 saturated heterocycles. The van der Waals surface area contributed by atoms with Crippen molar-refractivity contribution in [2.75, 3.05) is 6.79 Å². The molecule has 6 nitrogen and oxygen atoms in total. The van der Waals surface area contributed by atoms with Crippen molar-refractivity contribution in [3.63, 3.8) is 0 Å². The molecule has 0 bridgehead atoms. The molecular weight excluding hydrogens is 439 g/mol. The summed E-state index contributed by atoms with van der Waals surface area (Å²) in [6.45, 7) is 0.524. The van der Waals surface area contributed by atoms with Gasteiger partial charge in [-0.1, -0.05) is 41.4 Å². The summed E-state index contributed by atoms with van der Waals surface area (Å²) in [5.74, 6) is 1.62. The van der Waals surface area contributed by atoms with E-state index in [4.69, 9.17) is 37.4 Å². The Balaban J connectivity index is 1.37. The number of carbonyl (C=O) groups excluding carboxylic acids is 1. The molecule has 1 aliphatic heterocycles. The average Bonchev–Trinajstić information content (AvgIpc) is 3.21. The lowest BCUT2D eigenvalue weighted by molar-refractivity contribution is -0.120. The summed E-state index contributed by atoms with van der Waals surface area (Å²) in [5, 5.41) is 5.21. The highest BCUT2D eigenvalue weighted by atomic mass is 35.5. The van der Waals surface area contributed by atoms with Crippen molar-refractivity contribution >= 4 is 35.3 Å². The van der Waals surface area contributed by atoms with Gasteiger partial charge < -0.3 is 14.2 Å². The summed E-state index contributed by atoms with van der Waals surface area (Å²) >= 11 is 12.1. The van der Waals surface area contributed by atoms with Crippen molar-refractivity contribution in [1.82, 2.24) is 5.43 Å². The molecule has 31 heavy (non-hydrogen) atoms. The predicted molar refractivity (Wildman–Crippen MR) is 119 cm³/mol. The number of hydrogen-bond donors (Lipinski definition) is 1. The molecule has 0 spiro atoms. The maximum atomic E-state index is 12.2. The molecule has 8 heteroatoms. The number of fused-ring (bicyclic) bond motifs is 1. The second-order valence-electron chi connectivity index (χ2n) is 6.76. The molecule has 0 unspecified atom stereocenters. The highest BCUT2D eigenvalue weighted by Gasteiger charge is 2.14. The van der Waals surface area contributed by atoms with Crippen molar-refractivity contribution in [3.8, 4) is 17.2 Å². The number of carbonyl (C=O) groups is 1. The Morgan fingerprint density at radius 3 is 2.71 bits per heavy atom. The lowest BCUT2D eigenvalue weighted by Gasteiger charge is -2.10. The Hall–Kier alpha value is -3.22. The van der Waals surface area contributed by atoms with Crippen molar-refractivity contribution in [2.24, 2.45) is 5.10 Å². The lowest BCUT2D eigenvalue weighted by atomic mass is 10.1. The minimum atomic E-state index is -0.265. The quantitative estimate of drug-likeness (QED) is 0.401. The average molecular weight is 457 g/mol. The van der Waals surface area contributed by atoms with Crippen LogP contribution in [0.5, 0.6) is 17.2 Å². The zero-order valence-electron chi connectivity index (χ0n) is 16.3. The second kappa shape index (κ2) is 9.73. The van der Waals surface area contributed by atoms with E-state index in [0.29, 0.717) is 39.5 Å². The Morgan fingerprint density at radius 2 is 1.84 bits per heavy atom. The summed E-state index contributed by atoms with van der Waals surface area (Å²) < 4.78 is 16.5. The number of amides is 1. The minimum absolute atomic E-state index is 0.154. The summed E-state index contributed by atoms with van der Waals surface area (Å²) in [7, 11) is 0. The zero-order chi connectivity index (χ0) is 21.6. The van der Waals surface area contributed by atoms with Gasteiger partial charge in [-0.05, 0) is 53.6 Å². The fraction of sp³-hybridized carbons (Fsp3) is 0.130. The van der Waals surface area contributed by atoms with Gasteiger partial charge in [-0.25, -0.2) is 5.43 Å². The van der Waals surface area contributed by atoms with E-state index < -0.39 is 0 Å². The van der Waals surface area contributed by atoms with Crippen molar-refractivity contribution in [1.29, 1.82) is 0 Å². The smallest absolute Gasteiger partial charge is 0.244 e. The van der Waals surface area contributed by atoms with E-state index >= 15 is 0 Å². The molecule has 158 valence electrons. The van der Waals surface area contributed by atoms with Crippen LogP contribution in [0.4, 0.5) is 0 Å². The Morgan fingerprint density at radius 1 is 1.00 bits per heavy atom. The standard InChI is InChI=1S/C23H18Cl2N2O4/c24-18-3-1-2-16(8-18)13-29-20-7-5-19(25)11-17(20)12-26-27-23(28)10-15-4-6-21-22(9-15)31-14-30-21/h1-9,11-12H,10,13-14H2,(H,27,28). The Bertz CT molecular complexity index is 1130. The number of hydrazone groups is 1. The van der Waals surface area contributed by atoms with Crippen LogP contribution in [0.1, 0.15) is 16.7 Å². The fourth-order valence-electron chi connectivity index (χ4n) is 2.99. The summed E-state index contributed by atoms with van der Waals surface area (Å²) in [6.07, 6.45) is 1.65. The molecular formula is C23H18Cl2N2O4. The van der Waals surface area contributed by atoms with E-state index in [2.05, 4.69) is 10.5 Å². The molecule has 0 radical (unpaired) electrons. The molecule has 0 atom stereocenters. The van der Waals surface area contributed by atoms with Crippen LogP contribution in [0.3, 0.4) is 0 Å². The van der Waals surface area contributed by atoms with Gasteiger partial charge in [-0.15, -0.1) is 0 Å². The molecule has 0 aliphatic carbocycles. The topological polar surface area (TPSA) is 69.2 Å². The van der Waals surface area contributed by atoms with Gasteiger partial charge in [0.2, 0.25) is 12.7 Å². The summed E-state index contributed by atoms with van der Waals surface area (Å²) in [5.41, 5.74) is 4.88. The molecule has 3 aromatic carbocycles. The van der Waals surface area contributed by atoms with Gasteiger partial charge in [-0.3, -0.25) is 4.79 Å². The van der Waals surface area contributed by atoms with Crippen LogP contribution in [0, 0.1) is 0 Å². The summed E-state index contributed by atoms with van der Waals surface area (Å²) in [6, 6.07) is 18.0. The van der Waals surface area contributed by atoms with E-state index in [1.54, 1.807) is 36.4 Å². The van der Waals surface area contributed by atoms with Gasteiger partial charge in [-0.2, -0.15) is 5.10 Å². The molecule has 1 heterocycles. The Kier molecular flexibility index (Phi) is 6.60. The number of hydrogen-bond acceptors (Lipinski definition) is 5. The van der Waals surface area contributed by atoms with E-state index in [9.17, 15) is 4.79 Å². The summed E-state index contributed by atoms with van der Waals surface area (Å²) in [4.78, 5) is 12.2. The number of halogens is 2. The molecule has 1 aliphatic rings. The van der Waals surface area contributed by atoms with E-state index in [1.165, 1.54) is 6.21 Å².